The van der Waals surface area contributed by atoms with Crippen LogP contribution in [0.5, 0.6) is 5.88 Å². The second-order valence-electron chi connectivity index (χ2n) is 4.05. The number of carbonyl (C=O) groups is 1. The van der Waals surface area contributed by atoms with Gasteiger partial charge in [-0.05, 0) is 27.7 Å². The summed E-state index contributed by atoms with van der Waals surface area (Å²) >= 11 is 5.14. The van der Waals surface area contributed by atoms with E-state index in [9.17, 15) is 4.79 Å². The van der Waals surface area contributed by atoms with Crippen molar-refractivity contribution in [1.82, 2.24) is 9.78 Å². The number of rotatable bonds is 1. The minimum Gasteiger partial charge on any atom is -0.396 e. The summed E-state index contributed by atoms with van der Waals surface area (Å²) in [5.41, 5.74) is -0.307. The Hall–Kier alpha value is -1.03. The molecule has 0 aliphatic rings. The maximum absolute atomic E-state index is 10.6. The van der Waals surface area contributed by atoms with E-state index in [0.717, 1.165) is 5.69 Å². The molecule has 0 fully saturated rings. The van der Waals surface area contributed by atoms with Crippen molar-refractivity contribution >= 4 is 17.0 Å². The zero-order valence-corrected chi connectivity index (χ0v) is 9.42. The lowest BCUT2D eigenvalue weighted by Gasteiger charge is -2.20. The Labute approximate surface area is 87.8 Å². The van der Waals surface area contributed by atoms with Crippen molar-refractivity contribution < 1.29 is 9.53 Å². The van der Waals surface area contributed by atoms with Crippen LogP contribution in [0.4, 0.5) is 4.79 Å². The Kier molecular flexibility index (Phi) is 2.85. The van der Waals surface area contributed by atoms with Gasteiger partial charge >= 0.3 is 5.43 Å². The maximum Gasteiger partial charge on any atom is 0.410 e. The number of hydrogen-bond donors (Lipinski definition) is 0. The van der Waals surface area contributed by atoms with Crippen molar-refractivity contribution in [3.8, 4) is 5.88 Å². The van der Waals surface area contributed by atoms with Crippen LogP contribution in [0.3, 0.4) is 0 Å². The molecule has 4 nitrogen and oxygen atoms in total. The van der Waals surface area contributed by atoms with Gasteiger partial charge in [0.25, 0.3) is 0 Å². The number of ether oxygens (including phenoxy) is 1. The van der Waals surface area contributed by atoms with Crippen LogP contribution < -0.4 is 4.74 Å². The van der Waals surface area contributed by atoms with Gasteiger partial charge in [0.15, 0.2) is 0 Å². The predicted octanol–water partition coefficient (Wildman–Crippen LogP) is 2.68. The molecule has 0 saturated carbocycles. The predicted molar refractivity (Wildman–Crippen MR) is 53.8 cm³/mol. The summed E-state index contributed by atoms with van der Waals surface area (Å²) in [6, 6.07) is 1.67. The van der Waals surface area contributed by atoms with E-state index in [0.29, 0.717) is 5.88 Å². The van der Waals surface area contributed by atoms with Gasteiger partial charge < -0.3 is 4.74 Å². The van der Waals surface area contributed by atoms with Crippen molar-refractivity contribution in [3.05, 3.63) is 11.8 Å². The number of hydrogen-bond acceptors (Lipinski definition) is 3. The van der Waals surface area contributed by atoms with Gasteiger partial charge in [-0.2, -0.15) is 5.10 Å². The highest BCUT2D eigenvalue weighted by atomic mass is 35.5. The van der Waals surface area contributed by atoms with Crippen LogP contribution in [0.1, 0.15) is 26.5 Å². The number of aryl methyl sites for hydroxylation is 1. The van der Waals surface area contributed by atoms with Crippen LogP contribution in [0.15, 0.2) is 6.07 Å². The molecule has 5 heteroatoms. The zero-order chi connectivity index (χ0) is 10.9. The molecule has 78 valence electrons. The molecule has 0 aromatic carbocycles. The van der Waals surface area contributed by atoms with Gasteiger partial charge in [0.1, 0.15) is 0 Å². The Balaban J connectivity index is 3.09. The quantitative estimate of drug-likeness (QED) is 0.678. The van der Waals surface area contributed by atoms with Crippen molar-refractivity contribution in [2.75, 3.05) is 0 Å². The van der Waals surface area contributed by atoms with Crippen LogP contribution in [-0.4, -0.2) is 15.2 Å². The van der Waals surface area contributed by atoms with E-state index in [-0.39, 0.29) is 5.54 Å². The minimum absolute atomic E-state index is 0.240. The first kappa shape index (κ1) is 11.0. The number of carbonyl (C=O) groups excluding carboxylic acids is 1. The van der Waals surface area contributed by atoms with E-state index in [2.05, 4.69) is 5.10 Å². The summed E-state index contributed by atoms with van der Waals surface area (Å²) in [4.78, 5) is 10.6. The minimum atomic E-state index is -0.851. The molecule has 0 aliphatic carbocycles. The fourth-order valence-corrected chi connectivity index (χ4v) is 1.19. The van der Waals surface area contributed by atoms with Crippen LogP contribution in [0.25, 0.3) is 0 Å². The van der Waals surface area contributed by atoms with Gasteiger partial charge in [0, 0.05) is 17.7 Å². The molecular weight excluding hydrogens is 204 g/mol. The molecule has 0 saturated heterocycles. The highest BCUT2D eigenvalue weighted by Crippen LogP contribution is 2.23. The number of nitrogens with zero attached hydrogens (tertiary/aromatic N) is 2. The molecule has 1 aromatic rings. The van der Waals surface area contributed by atoms with Crippen LogP contribution in [-0.2, 0) is 5.54 Å². The van der Waals surface area contributed by atoms with Crippen molar-refractivity contribution in [2.24, 2.45) is 0 Å². The lowest BCUT2D eigenvalue weighted by atomic mass is 10.1. The molecule has 1 aromatic heterocycles. The smallest absolute Gasteiger partial charge is 0.396 e. The summed E-state index contributed by atoms with van der Waals surface area (Å²) in [7, 11) is 0. The average Bonchev–Trinajstić information content (AvgIpc) is 2.28. The maximum atomic E-state index is 10.6. The van der Waals surface area contributed by atoms with E-state index in [1.165, 1.54) is 0 Å². The van der Waals surface area contributed by atoms with Crippen molar-refractivity contribution in [3.63, 3.8) is 0 Å². The summed E-state index contributed by atoms with van der Waals surface area (Å²) in [6.07, 6.45) is 0. The lowest BCUT2D eigenvalue weighted by Crippen LogP contribution is -2.24. The Bertz CT molecular complexity index is 352. The third kappa shape index (κ3) is 2.48. The highest BCUT2D eigenvalue weighted by molar-refractivity contribution is 6.61. The van der Waals surface area contributed by atoms with E-state index < -0.39 is 5.43 Å². The molecule has 14 heavy (non-hydrogen) atoms. The van der Waals surface area contributed by atoms with Crippen LogP contribution in [0, 0.1) is 6.92 Å². The highest BCUT2D eigenvalue weighted by Gasteiger charge is 2.20. The van der Waals surface area contributed by atoms with Crippen LogP contribution in [0.2, 0.25) is 0 Å². The average molecular weight is 217 g/mol. The molecule has 1 rings (SSSR count). The van der Waals surface area contributed by atoms with Gasteiger partial charge in [0.2, 0.25) is 5.88 Å². The standard InChI is InChI=1S/C9H13ClN2O2/c1-6-5-7(14-8(10)13)12(11-6)9(2,3)4/h5H,1-4H3. The zero-order valence-electron chi connectivity index (χ0n) is 8.67. The van der Waals surface area contributed by atoms with Gasteiger partial charge in [-0.15, -0.1) is 0 Å². The van der Waals surface area contributed by atoms with E-state index >= 15 is 0 Å². The molecule has 0 atom stereocenters. The Morgan fingerprint density at radius 3 is 2.57 bits per heavy atom. The Morgan fingerprint density at radius 1 is 1.57 bits per heavy atom. The number of halogens is 1. The number of aromatic nitrogens is 2. The first-order valence-electron chi connectivity index (χ1n) is 4.25. The molecule has 0 spiro atoms. The molecule has 0 N–H and O–H groups in total. The second-order valence-corrected chi connectivity index (χ2v) is 4.35. The summed E-state index contributed by atoms with van der Waals surface area (Å²) in [5, 5.41) is 4.22. The first-order valence-corrected chi connectivity index (χ1v) is 4.63. The molecule has 0 unspecified atom stereocenters. The third-order valence-electron chi connectivity index (χ3n) is 1.62. The van der Waals surface area contributed by atoms with Gasteiger partial charge in [-0.25, -0.2) is 9.48 Å². The molecule has 0 aliphatic heterocycles. The van der Waals surface area contributed by atoms with Crippen molar-refractivity contribution in [1.29, 1.82) is 0 Å². The van der Waals surface area contributed by atoms with E-state index in [4.69, 9.17) is 16.3 Å². The topological polar surface area (TPSA) is 44.1 Å². The monoisotopic (exact) mass is 216 g/mol. The summed E-state index contributed by atoms with van der Waals surface area (Å²) in [5.74, 6) is 0.370. The SMILES string of the molecule is Cc1cc(OC(=O)Cl)n(C(C)(C)C)n1. The fourth-order valence-electron chi connectivity index (χ4n) is 1.11. The fraction of sp³-hybridized carbons (Fsp3) is 0.556. The van der Waals surface area contributed by atoms with E-state index in [1.54, 1.807) is 10.7 Å². The molecule has 0 amide bonds. The van der Waals surface area contributed by atoms with Gasteiger partial charge in [-0.1, -0.05) is 0 Å². The third-order valence-corrected chi connectivity index (χ3v) is 1.70. The summed E-state index contributed by atoms with van der Waals surface area (Å²) in [6.45, 7) is 7.72. The Morgan fingerprint density at radius 2 is 2.14 bits per heavy atom. The lowest BCUT2D eigenvalue weighted by molar-refractivity contribution is 0.214. The van der Waals surface area contributed by atoms with Crippen LogP contribution >= 0.6 is 11.6 Å². The van der Waals surface area contributed by atoms with E-state index in [1.807, 2.05) is 27.7 Å². The second kappa shape index (κ2) is 3.61. The summed E-state index contributed by atoms with van der Waals surface area (Å²) < 4.78 is 6.45. The normalized spacial score (nSPS) is 11.5. The van der Waals surface area contributed by atoms with Gasteiger partial charge in [-0.3, -0.25) is 0 Å². The molecule has 0 radical (unpaired) electrons. The largest absolute Gasteiger partial charge is 0.410 e. The van der Waals surface area contributed by atoms with Crippen molar-refractivity contribution in [2.45, 2.75) is 33.2 Å². The molecule has 0 bridgehead atoms. The molecule has 1 heterocycles. The first-order chi connectivity index (χ1) is 6.30. The molecular formula is C9H13ClN2O2. The van der Waals surface area contributed by atoms with Gasteiger partial charge in [0.05, 0.1) is 11.2 Å².